The van der Waals surface area contributed by atoms with E-state index in [2.05, 4.69) is 29.6 Å². The fourth-order valence-corrected chi connectivity index (χ4v) is 5.99. The number of fused-ring (bicyclic) bond motifs is 4. The second-order valence-corrected chi connectivity index (χ2v) is 10.1. The van der Waals surface area contributed by atoms with E-state index in [0.717, 1.165) is 35.1 Å². The number of ether oxygens (including phenoxy) is 1. The van der Waals surface area contributed by atoms with Crippen LogP contribution in [0.1, 0.15) is 56.6 Å². The maximum Gasteiger partial charge on any atom is 0.407 e. The second kappa shape index (κ2) is 9.02. The summed E-state index contributed by atoms with van der Waals surface area (Å²) in [5, 5.41) is 12.7. The first-order valence-electron chi connectivity index (χ1n) is 12.5. The van der Waals surface area contributed by atoms with Crippen molar-refractivity contribution >= 4 is 18.0 Å². The van der Waals surface area contributed by atoms with Gasteiger partial charge in [-0.25, -0.2) is 9.59 Å². The number of hydrogen-bond donors (Lipinski definition) is 2. The number of carboxylic acid groups (broad SMARTS) is 1. The van der Waals surface area contributed by atoms with Crippen molar-refractivity contribution < 1.29 is 24.2 Å². The van der Waals surface area contributed by atoms with E-state index in [1.54, 1.807) is 0 Å². The lowest BCUT2D eigenvalue weighted by Crippen LogP contribution is -2.59. The van der Waals surface area contributed by atoms with Gasteiger partial charge in [-0.05, 0) is 53.4 Å². The average molecular weight is 477 g/mol. The SMILES string of the molecule is CCC(C)[C@H](NC(=O)OCC1c2ccccc2-c2ccccc21)C(=O)N1CCC[C@@H]2C[C@@]21C(=O)O. The molecule has 184 valence electrons. The molecule has 35 heavy (non-hydrogen) atoms. The van der Waals surface area contributed by atoms with Gasteiger partial charge < -0.3 is 20.1 Å². The van der Waals surface area contributed by atoms with Crippen molar-refractivity contribution in [3.05, 3.63) is 59.7 Å². The Bertz CT molecular complexity index is 1120. The normalized spacial score (nSPS) is 23.9. The third kappa shape index (κ3) is 3.87. The number of hydrogen-bond acceptors (Lipinski definition) is 4. The van der Waals surface area contributed by atoms with Gasteiger partial charge in [0, 0.05) is 12.5 Å². The Balaban J connectivity index is 1.30. The molecular formula is C28H32N2O5. The third-order valence-corrected chi connectivity index (χ3v) is 8.22. The van der Waals surface area contributed by atoms with E-state index in [0.29, 0.717) is 19.4 Å². The number of aliphatic carboxylic acids is 1. The van der Waals surface area contributed by atoms with E-state index in [-0.39, 0.29) is 30.3 Å². The van der Waals surface area contributed by atoms with Crippen LogP contribution in [-0.4, -0.2) is 52.7 Å². The van der Waals surface area contributed by atoms with Crippen LogP contribution in [0.4, 0.5) is 4.79 Å². The summed E-state index contributed by atoms with van der Waals surface area (Å²) >= 11 is 0. The Kier molecular flexibility index (Phi) is 6.03. The number of carboxylic acids is 1. The van der Waals surface area contributed by atoms with E-state index < -0.39 is 23.6 Å². The molecule has 1 unspecified atom stereocenters. The molecule has 4 atom stereocenters. The lowest BCUT2D eigenvalue weighted by atomic mass is 9.94. The molecule has 0 aromatic heterocycles. The number of benzene rings is 2. The Morgan fingerprint density at radius 1 is 1.11 bits per heavy atom. The summed E-state index contributed by atoms with van der Waals surface area (Å²) in [6, 6.07) is 15.4. The number of amides is 2. The standard InChI is InChI=1S/C28H32N2O5/c1-3-17(2)24(25(31)30-14-8-9-18-15-28(18,30)26(32)33)29-27(34)35-16-23-21-12-6-4-10-19(21)20-11-5-7-13-22(20)23/h4-7,10-13,17-18,23-24H,3,8-9,14-16H2,1-2H3,(H,29,34)(H,32,33)/t17?,18-,24+,28+/m1/s1. The molecule has 0 bridgehead atoms. The highest BCUT2D eigenvalue weighted by Crippen LogP contribution is 2.54. The minimum atomic E-state index is -1.11. The molecule has 0 radical (unpaired) electrons. The van der Waals surface area contributed by atoms with Gasteiger partial charge in [0.25, 0.3) is 0 Å². The quantitative estimate of drug-likeness (QED) is 0.617. The fourth-order valence-electron chi connectivity index (χ4n) is 5.99. The third-order valence-electron chi connectivity index (χ3n) is 8.22. The molecule has 2 amide bonds. The van der Waals surface area contributed by atoms with Gasteiger partial charge in [-0.1, -0.05) is 68.8 Å². The van der Waals surface area contributed by atoms with Crippen molar-refractivity contribution in [2.24, 2.45) is 11.8 Å². The van der Waals surface area contributed by atoms with Crippen LogP contribution in [-0.2, 0) is 14.3 Å². The summed E-state index contributed by atoms with van der Waals surface area (Å²) in [6.07, 6.45) is 2.11. The van der Waals surface area contributed by atoms with Crippen molar-refractivity contribution in [3.63, 3.8) is 0 Å². The molecule has 2 aliphatic carbocycles. The van der Waals surface area contributed by atoms with Crippen molar-refractivity contribution in [2.45, 2.75) is 57.0 Å². The number of nitrogens with zero attached hydrogens (tertiary/aromatic N) is 1. The molecule has 1 aliphatic heterocycles. The highest BCUT2D eigenvalue weighted by molar-refractivity contribution is 5.94. The van der Waals surface area contributed by atoms with Crippen LogP contribution in [0.5, 0.6) is 0 Å². The molecule has 1 saturated heterocycles. The molecule has 5 rings (SSSR count). The molecule has 1 heterocycles. The van der Waals surface area contributed by atoms with Gasteiger partial charge >= 0.3 is 12.1 Å². The van der Waals surface area contributed by atoms with E-state index in [9.17, 15) is 19.5 Å². The number of piperidine rings is 1. The Morgan fingerprint density at radius 2 is 1.74 bits per heavy atom. The van der Waals surface area contributed by atoms with Gasteiger partial charge in [-0.2, -0.15) is 0 Å². The Labute approximate surface area is 205 Å². The summed E-state index contributed by atoms with van der Waals surface area (Å²) in [6.45, 7) is 4.41. The summed E-state index contributed by atoms with van der Waals surface area (Å²) in [7, 11) is 0. The van der Waals surface area contributed by atoms with E-state index in [1.807, 2.05) is 38.1 Å². The zero-order valence-corrected chi connectivity index (χ0v) is 20.2. The minimum Gasteiger partial charge on any atom is -0.479 e. The molecule has 3 aliphatic rings. The van der Waals surface area contributed by atoms with Crippen molar-refractivity contribution in [2.75, 3.05) is 13.2 Å². The largest absolute Gasteiger partial charge is 0.479 e. The summed E-state index contributed by atoms with van der Waals surface area (Å²) < 4.78 is 5.68. The van der Waals surface area contributed by atoms with Crippen molar-refractivity contribution in [1.82, 2.24) is 10.2 Å². The van der Waals surface area contributed by atoms with Crippen LogP contribution in [0.25, 0.3) is 11.1 Å². The predicted octanol–water partition coefficient (Wildman–Crippen LogP) is 4.41. The molecule has 2 N–H and O–H groups in total. The van der Waals surface area contributed by atoms with E-state index in [1.165, 1.54) is 4.90 Å². The first-order chi connectivity index (χ1) is 16.9. The van der Waals surface area contributed by atoms with Crippen LogP contribution in [0, 0.1) is 11.8 Å². The van der Waals surface area contributed by atoms with Gasteiger partial charge in [0.2, 0.25) is 5.91 Å². The number of carbonyl (C=O) groups is 3. The van der Waals surface area contributed by atoms with Gasteiger partial charge in [0.1, 0.15) is 18.2 Å². The number of carbonyl (C=O) groups excluding carboxylic acids is 2. The van der Waals surface area contributed by atoms with Gasteiger partial charge in [0.15, 0.2) is 0 Å². The fraction of sp³-hybridized carbons (Fsp3) is 0.464. The number of nitrogens with one attached hydrogen (secondary N) is 1. The first-order valence-corrected chi connectivity index (χ1v) is 12.5. The highest BCUT2D eigenvalue weighted by Gasteiger charge is 2.67. The lowest BCUT2D eigenvalue weighted by molar-refractivity contribution is -0.156. The highest BCUT2D eigenvalue weighted by atomic mass is 16.5. The van der Waals surface area contributed by atoms with Gasteiger partial charge in [-0.3, -0.25) is 4.79 Å². The van der Waals surface area contributed by atoms with Crippen LogP contribution >= 0.6 is 0 Å². The average Bonchev–Trinajstić information content (AvgIpc) is 3.56. The zero-order chi connectivity index (χ0) is 24.7. The van der Waals surface area contributed by atoms with Crippen molar-refractivity contribution in [1.29, 1.82) is 0 Å². The smallest absolute Gasteiger partial charge is 0.407 e. The molecule has 7 nitrogen and oxygen atoms in total. The summed E-state index contributed by atoms with van der Waals surface area (Å²) in [5.41, 5.74) is 3.42. The molecular weight excluding hydrogens is 444 g/mol. The molecule has 2 aromatic carbocycles. The number of likely N-dealkylation sites (tertiary alicyclic amines) is 1. The molecule has 7 heteroatoms. The van der Waals surface area contributed by atoms with E-state index >= 15 is 0 Å². The van der Waals surface area contributed by atoms with Crippen LogP contribution < -0.4 is 5.32 Å². The minimum absolute atomic E-state index is 0.00439. The molecule has 0 spiro atoms. The summed E-state index contributed by atoms with van der Waals surface area (Å²) in [5.74, 6) is -1.50. The monoisotopic (exact) mass is 476 g/mol. The molecule has 1 saturated carbocycles. The van der Waals surface area contributed by atoms with E-state index in [4.69, 9.17) is 4.74 Å². The Hall–Kier alpha value is -3.35. The van der Waals surface area contributed by atoms with Crippen LogP contribution in [0.15, 0.2) is 48.5 Å². The number of rotatable bonds is 7. The topological polar surface area (TPSA) is 95.9 Å². The maximum atomic E-state index is 13.6. The Morgan fingerprint density at radius 3 is 2.34 bits per heavy atom. The van der Waals surface area contributed by atoms with Gasteiger partial charge in [-0.15, -0.1) is 0 Å². The first kappa shape index (κ1) is 23.4. The second-order valence-electron chi connectivity index (χ2n) is 10.1. The molecule has 2 aromatic rings. The lowest BCUT2D eigenvalue weighted by Gasteiger charge is -2.37. The van der Waals surface area contributed by atoms with Crippen LogP contribution in [0.3, 0.4) is 0 Å². The zero-order valence-electron chi connectivity index (χ0n) is 20.2. The predicted molar refractivity (Wildman–Crippen MR) is 131 cm³/mol. The maximum absolute atomic E-state index is 13.6. The van der Waals surface area contributed by atoms with Gasteiger partial charge in [0.05, 0.1) is 0 Å². The van der Waals surface area contributed by atoms with Crippen molar-refractivity contribution in [3.8, 4) is 11.1 Å². The molecule has 2 fully saturated rings. The number of alkyl carbamates (subject to hydrolysis) is 1. The summed E-state index contributed by atoms with van der Waals surface area (Å²) in [4.78, 5) is 40.1. The van der Waals surface area contributed by atoms with Crippen LogP contribution in [0.2, 0.25) is 0 Å².